The summed E-state index contributed by atoms with van der Waals surface area (Å²) in [5.41, 5.74) is 5.01. The van der Waals surface area contributed by atoms with Crippen LogP contribution in [0.25, 0.3) is 0 Å². The van der Waals surface area contributed by atoms with E-state index >= 15 is 0 Å². The number of aryl methyl sites for hydroxylation is 2. The van der Waals surface area contributed by atoms with Crippen molar-refractivity contribution in [3.63, 3.8) is 0 Å². The molecule has 0 bridgehead atoms. The molecule has 1 fully saturated rings. The molecule has 0 amide bonds. The Labute approximate surface area is 182 Å². The quantitative estimate of drug-likeness (QED) is 0.290. The summed E-state index contributed by atoms with van der Waals surface area (Å²) in [5, 5.41) is 3.58. The van der Waals surface area contributed by atoms with Crippen molar-refractivity contribution in [3.05, 3.63) is 29.3 Å². The number of benzene rings is 1. The second-order valence-corrected chi connectivity index (χ2v) is 9.85. The number of nitrogens with one attached hydrogen (secondary N) is 1. The monoisotopic (exact) mass is 399 g/mol. The van der Waals surface area contributed by atoms with Gasteiger partial charge in [0.15, 0.2) is 0 Å². The minimum absolute atomic E-state index is 0.645. The molecule has 29 heavy (non-hydrogen) atoms. The fraction of sp³-hybridized carbons (Fsp3) is 0.786. The molecule has 1 aliphatic rings. The summed E-state index contributed by atoms with van der Waals surface area (Å²) in [6, 6.07) is 7.07. The van der Waals surface area contributed by atoms with Gasteiger partial charge < -0.3 is 5.32 Å². The van der Waals surface area contributed by atoms with E-state index in [2.05, 4.69) is 44.3 Å². The number of rotatable bonds is 15. The molecule has 1 aromatic rings. The van der Waals surface area contributed by atoms with E-state index in [1.54, 1.807) is 5.56 Å². The molecule has 1 aliphatic carbocycles. The van der Waals surface area contributed by atoms with Crippen molar-refractivity contribution in [3.8, 4) is 0 Å². The van der Waals surface area contributed by atoms with Crippen LogP contribution in [0.4, 0.5) is 5.69 Å². The topological polar surface area (TPSA) is 12.0 Å². The predicted octanol–water partition coefficient (Wildman–Crippen LogP) is 9.23. The Morgan fingerprint density at radius 1 is 0.793 bits per heavy atom. The molecule has 166 valence electrons. The van der Waals surface area contributed by atoms with Gasteiger partial charge in [-0.3, -0.25) is 0 Å². The van der Waals surface area contributed by atoms with Gasteiger partial charge in [0, 0.05) is 12.2 Å². The third-order valence-electron chi connectivity index (χ3n) is 7.35. The van der Waals surface area contributed by atoms with Crippen molar-refractivity contribution in [1.29, 1.82) is 0 Å². The lowest BCUT2D eigenvalue weighted by molar-refractivity contribution is 0.152. The maximum atomic E-state index is 3.58. The van der Waals surface area contributed by atoms with Crippen LogP contribution in [-0.4, -0.2) is 6.54 Å². The van der Waals surface area contributed by atoms with Crippen molar-refractivity contribution in [2.75, 3.05) is 11.9 Å². The van der Waals surface area contributed by atoms with Gasteiger partial charge in [0.05, 0.1) is 0 Å². The summed E-state index contributed by atoms with van der Waals surface area (Å²) in [6.07, 6.45) is 24.1. The zero-order valence-electron chi connectivity index (χ0n) is 20.0. The summed E-state index contributed by atoms with van der Waals surface area (Å²) >= 11 is 0. The molecule has 0 saturated heterocycles. The SMILES string of the molecule is CCCCCCCCCC1(CCc2ccc(NCCCC)cc2C)CCCCC1. The second kappa shape index (κ2) is 14.1. The Kier molecular flexibility index (Phi) is 11.8. The van der Waals surface area contributed by atoms with E-state index in [1.807, 2.05) is 0 Å². The Balaban J connectivity index is 1.81. The molecule has 0 unspecified atom stereocenters. The van der Waals surface area contributed by atoms with Crippen molar-refractivity contribution in [2.45, 2.75) is 130 Å². The molecule has 0 radical (unpaired) electrons. The zero-order chi connectivity index (χ0) is 20.8. The highest BCUT2D eigenvalue weighted by molar-refractivity contribution is 5.48. The van der Waals surface area contributed by atoms with Crippen LogP contribution in [0.1, 0.15) is 128 Å². The van der Waals surface area contributed by atoms with Gasteiger partial charge in [0.25, 0.3) is 0 Å². The first-order chi connectivity index (χ1) is 14.2. The lowest BCUT2D eigenvalue weighted by Crippen LogP contribution is -2.25. The summed E-state index contributed by atoms with van der Waals surface area (Å²) in [7, 11) is 0. The summed E-state index contributed by atoms with van der Waals surface area (Å²) in [5.74, 6) is 0. The molecule has 0 aromatic heterocycles. The minimum Gasteiger partial charge on any atom is -0.385 e. The maximum Gasteiger partial charge on any atom is 0.0343 e. The molecule has 1 N–H and O–H groups in total. The normalized spacial score (nSPS) is 16.1. The Bertz CT molecular complexity index is 541. The lowest BCUT2D eigenvalue weighted by Gasteiger charge is -2.38. The average Bonchev–Trinajstić information content (AvgIpc) is 2.73. The van der Waals surface area contributed by atoms with Gasteiger partial charge in [0.2, 0.25) is 0 Å². The molecule has 0 atom stereocenters. The molecule has 0 heterocycles. The Morgan fingerprint density at radius 2 is 1.48 bits per heavy atom. The van der Waals surface area contributed by atoms with E-state index in [9.17, 15) is 0 Å². The molecule has 0 spiro atoms. The highest BCUT2D eigenvalue weighted by Gasteiger charge is 2.31. The number of hydrogen-bond donors (Lipinski definition) is 1. The standard InChI is InChI=1S/C28H49N/c1-4-6-8-9-10-11-13-19-28(20-14-12-15-21-28)22-18-26-16-17-27(24-25(26)3)29-23-7-5-2/h16-17,24,29H,4-15,18-23H2,1-3H3. The van der Waals surface area contributed by atoms with Crippen LogP contribution in [0.5, 0.6) is 0 Å². The molecule has 1 nitrogen and oxygen atoms in total. The first-order valence-electron chi connectivity index (χ1n) is 13.0. The molecule has 1 heteroatoms. The van der Waals surface area contributed by atoms with E-state index in [0.29, 0.717) is 5.41 Å². The van der Waals surface area contributed by atoms with Crippen LogP contribution in [0, 0.1) is 12.3 Å². The summed E-state index contributed by atoms with van der Waals surface area (Å²) in [6.45, 7) is 7.97. The van der Waals surface area contributed by atoms with Crippen LogP contribution in [0.2, 0.25) is 0 Å². The molecule has 1 saturated carbocycles. The summed E-state index contributed by atoms with van der Waals surface area (Å²) in [4.78, 5) is 0. The van der Waals surface area contributed by atoms with Gasteiger partial charge in [0.1, 0.15) is 0 Å². The zero-order valence-corrected chi connectivity index (χ0v) is 20.0. The summed E-state index contributed by atoms with van der Waals surface area (Å²) < 4.78 is 0. The Hall–Kier alpha value is -0.980. The maximum absolute atomic E-state index is 3.58. The number of hydrogen-bond acceptors (Lipinski definition) is 1. The fourth-order valence-corrected chi connectivity index (χ4v) is 5.28. The third-order valence-corrected chi connectivity index (χ3v) is 7.35. The van der Waals surface area contributed by atoms with Crippen molar-refractivity contribution in [1.82, 2.24) is 0 Å². The van der Waals surface area contributed by atoms with Crippen molar-refractivity contribution in [2.24, 2.45) is 5.41 Å². The number of unbranched alkanes of at least 4 members (excludes halogenated alkanes) is 7. The van der Waals surface area contributed by atoms with Gasteiger partial charge in [-0.15, -0.1) is 0 Å². The van der Waals surface area contributed by atoms with Crippen LogP contribution < -0.4 is 5.32 Å². The fourth-order valence-electron chi connectivity index (χ4n) is 5.28. The highest BCUT2D eigenvalue weighted by atomic mass is 14.9. The van der Waals surface area contributed by atoms with Crippen molar-refractivity contribution < 1.29 is 0 Å². The first kappa shape index (κ1) is 24.3. The predicted molar refractivity (Wildman–Crippen MR) is 131 cm³/mol. The van der Waals surface area contributed by atoms with Gasteiger partial charge in [-0.2, -0.15) is 0 Å². The van der Waals surface area contributed by atoms with Gasteiger partial charge in [-0.1, -0.05) is 90.5 Å². The first-order valence-corrected chi connectivity index (χ1v) is 13.0. The number of anilines is 1. The van der Waals surface area contributed by atoms with Crippen LogP contribution in [0.3, 0.4) is 0 Å². The molecule has 0 aliphatic heterocycles. The van der Waals surface area contributed by atoms with Crippen LogP contribution in [-0.2, 0) is 6.42 Å². The van der Waals surface area contributed by atoms with Crippen LogP contribution in [0.15, 0.2) is 18.2 Å². The highest BCUT2D eigenvalue weighted by Crippen LogP contribution is 2.44. The molecule has 2 rings (SSSR count). The minimum atomic E-state index is 0.645. The van der Waals surface area contributed by atoms with Crippen molar-refractivity contribution >= 4 is 5.69 Å². The third kappa shape index (κ3) is 9.14. The second-order valence-electron chi connectivity index (χ2n) is 9.85. The van der Waals surface area contributed by atoms with Gasteiger partial charge in [-0.25, -0.2) is 0 Å². The Morgan fingerprint density at radius 3 is 2.17 bits per heavy atom. The largest absolute Gasteiger partial charge is 0.385 e. The molecule has 1 aromatic carbocycles. The van der Waals surface area contributed by atoms with E-state index in [1.165, 1.54) is 120 Å². The van der Waals surface area contributed by atoms with Gasteiger partial charge in [-0.05, 0) is 74.1 Å². The smallest absolute Gasteiger partial charge is 0.0343 e. The molecular weight excluding hydrogens is 350 g/mol. The van der Waals surface area contributed by atoms with E-state index in [0.717, 1.165) is 6.54 Å². The van der Waals surface area contributed by atoms with E-state index in [-0.39, 0.29) is 0 Å². The molecular formula is C28H49N. The van der Waals surface area contributed by atoms with Crippen LogP contribution >= 0.6 is 0 Å². The lowest BCUT2D eigenvalue weighted by atomic mass is 9.67. The van der Waals surface area contributed by atoms with E-state index < -0.39 is 0 Å². The van der Waals surface area contributed by atoms with Gasteiger partial charge >= 0.3 is 0 Å². The van der Waals surface area contributed by atoms with E-state index in [4.69, 9.17) is 0 Å². The average molecular weight is 400 g/mol.